The standard InChI is InChI=1S/C20H18ClN3O/c1-2-14-7-9-15(10-8-14)20(12-23-18-11-22-13-24-18)19(25-20)16-5-3-4-6-17(16)21/h1,3-10,13,18-19,23H,11-12H2,(H,22,24). The zero-order valence-electron chi connectivity index (χ0n) is 13.6. The Bertz CT molecular complexity index is 835. The summed E-state index contributed by atoms with van der Waals surface area (Å²) in [4.78, 5) is 4.19. The van der Waals surface area contributed by atoms with Crippen molar-refractivity contribution in [3.63, 3.8) is 0 Å². The topological polar surface area (TPSA) is 49.0 Å². The van der Waals surface area contributed by atoms with E-state index in [9.17, 15) is 0 Å². The number of halogens is 1. The van der Waals surface area contributed by atoms with Crippen molar-refractivity contribution in [2.24, 2.45) is 4.99 Å². The van der Waals surface area contributed by atoms with Crippen LogP contribution in [0.4, 0.5) is 0 Å². The molecule has 2 aliphatic rings. The number of hydrogen-bond donors (Lipinski definition) is 2. The van der Waals surface area contributed by atoms with Gasteiger partial charge in [-0.25, -0.2) is 0 Å². The maximum absolute atomic E-state index is 6.39. The molecule has 0 bridgehead atoms. The first-order chi connectivity index (χ1) is 12.2. The van der Waals surface area contributed by atoms with Gasteiger partial charge >= 0.3 is 0 Å². The van der Waals surface area contributed by atoms with E-state index < -0.39 is 5.60 Å². The molecule has 1 saturated heterocycles. The first kappa shape index (κ1) is 16.2. The van der Waals surface area contributed by atoms with Crippen molar-refractivity contribution in [3.8, 4) is 12.3 Å². The lowest BCUT2D eigenvalue weighted by molar-refractivity contribution is 0.279. The van der Waals surface area contributed by atoms with E-state index in [4.69, 9.17) is 22.8 Å². The predicted octanol–water partition coefficient (Wildman–Crippen LogP) is 2.84. The second kappa shape index (κ2) is 6.53. The monoisotopic (exact) mass is 351 g/mol. The maximum Gasteiger partial charge on any atom is 0.137 e. The van der Waals surface area contributed by atoms with Gasteiger partial charge in [0.2, 0.25) is 0 Å². The number of benzene rings is 2. The molecule has 0 aliphatic carbocycles. The largest absolute Gasteiger partial charge is 0.359 e. The third-order valence-electron chi connectivity index (χ3n) is 4.69. The fourth-order valence-corrected chi connectivity index (χ4v) is 3.47. The quantitative estimate of drug-likeness (QED) is 0.643. The zero-order chi connectivity index (χ0) is 17.3. The Labute approximate surface area is 152 Å². The molecule has 2 aromatic rings. The van der Waals surface area contributed by atoms with E-state index in [1.54, 1.807) is 6.34 Å². The van der Waals surface area contributed by atoms with Crippen LogP contribution < -0.4 is 10.6 Å². The second-order valence-corrected chi connectivity index (χ2v) is 6.63. The van der Waals surface area contributed by atoms with Crippen molar-refractivity contribution < 1.29 is 4.74 Å². The van der Waals surface area contributed by atoms with Crippen molar-refractivity contribution in [1.29, 1.82) is 0 Å². The fourth-order valence-electron chi connectivity index (χ4n) is 3.23. The summed E-state index contributed by atoms with van der Waals surface area (Å²) < 4.78 is 6.22. The van der Waals surface area contributed by atoms with E-state index in [0.717, 1.165) is 21.7 Å². The van der Waals surface area contributed by atoms with Gasteiger partial charge in [-0.2, -0.15) is 0 Å². The van der Waals surface area contributed by atoms with Crippen LogP contribution in [-0.4, -0.2) is 25.6 Å². The first-order valence-corrected chi connectivity index (χ1v) is 8.58. The summed E-state index contributed by atoms with van der Waals surface area (Å²) in [6.45, 7) is 1.36. The Kier molecular flexibility index (Phi) is 4.22. The van der Waals surface area contributed by atoms with E-state index >= 15 is 0 Å². The Hall–Kier alpha value is -2.32. The summed E-state index contributed by atoms with van der Waals surface area (Å²) in [7, 11) is 0. The summed E-state index contributed by atoms with van der Waals surface area (Å²) >= 11 is 6.39. The van der Waals surface area contributed by atoms with Gasteiger partial charge in [0.25, 0.3) is 0 Å². The Morgan fingerprint density at radius 3 is 2.76 bits per heavy atom. The summed E-state index contributed by atoms with van der Waals surface area (Å²) in [5.74, 6) is 2.65. The highest BCUT2D eigenvalue weighted by atomic mass is 35.5. The zero-order valence-corrected chi connectivity index (χ0v) is 14.3. The lowest BCUT2D eigenvalue weighted by atomic mass is 9.91. The van der Waals surface area contributed by atoms with E-state index in [2.05, 4.69) is 21.5 Å². The Morgan fingerprint density at radius 1 is 1.28 bits per heavy atom. The van der Waals surface area contributed by atoms with Crippen LogP contribution in [0.1, 0.15) is 22.8 Å². The molecule has 2 heterocycles. The van der Waals surface area contributed by atoms with Crippen molar-refractivity contribution in [1.82, 2.24) is 10.6 Å². The average molecular weight is 352 g/mol. The highest BCUT2D eigenvalue weighted by Gasteiger charge is 2.58. The van der Waals surface area contributed by atoms with Gasteiger partial charge in [0.1, 0.15) is 11.7 Å². The predicted molar refractivity (Wildman–Crippen MR) is 99.6 cm³/mol. The van der Waals surface area contributed by atoms with Crippen molar-refractivity contribution >= 4 is 17.9 Å². The lowest BCUT2D eigenvalue weighted by Crippen LogP contribution is -2.44. The second-order valence-electron chi connectivity index (χ2n) is 6.22. The highest BCUT2D eigenvalue weighted by Crippen LogP contribution is 2.57. The summed E-state index contributed by atoms with van der Waals surface area (Å²) in [6, 6.07) is 15.8. The number of epoxide rings is 1. The molecule has 3 unspecified atom stereocenters. The van der Waals surface area contributed by atoms with Crippen LogP contribution in [0.5, 0.6) is 0 Å². The molecular weight excluding hydrogens is 334 g/mol. The van der Waals surface area contributed by atoms with Crippen LogP contribution in [0, 0.1) is 12.3 Å². The molecule has 2 aromatic carbocycles. The van der Waals surface area contributed by atoms with Crippen LogP contribution in [0.15, 0.2) is 53.5 Å². The Morgan fingerprint density at radius 2 is 2.08 bits per heavy atom. The van der Waals surface area contributed by atoms with Gasteiger partial charge in [-0.05, 0) is 23.8 Å². The average Bonchev–Trinajstić information content (AvgIpc) is 3.14. The lowest BCUT2D eigenvalue weighted by Gasteiger charge is -2.19. The van der Waals surface area contributed by atoms with Gasteiger partial charge in [0.15, 0.2) is 0 Å². The van der Waals surface area contributed by atoms with E-state index in [1.807, 2.05) is 48.5 Å². The summed E-state index contributed by atoms with van der Waals surface area (Å²) in [5, 5.41) is 7.39. The number of ether oxygens (including phenoxy) is 1. The Balaban J connectivity index is 1.62. The van der Waals surface area contributed by atoms with E-state index in [-0.39, 0.29) is 12.3 Å². The van der Waals surface area contributed by atoms with Crippen LogP contribution >= 0.6 is 11.6 Å². The molecule has 2 aliphatic heterocycles. The molecule has 126 valence electrons. The minimum absolute atomic E-state index is 0.0901. The normalized spacial score (nSPS) is 26.9. The summed E-state index contributed by atoms with van der Waals surface area (Å²) in [5.41, 5.74) is 2.49. The van der Waals surface area contributed by atoms with Gasteiger partial charge in [0.05, 0.1) is 19.0 Å². The van der Waals surface area contributed by atoms with Crippen molar-refractivity contribution in [2.75, 3.05) is 13.1 Å². The molecule has 2 N–H and O–H groups in total. The third-order valence-corrected chi connectivity index (χ3v) is 5.03. The van der Waals surface area contributed by atoms with Crippen LogP contribution in [-0.2, 0) is 10.3 Å². The van der Waals surface area contributed by atoms with Crippen LogP contribution in [0.25, 0.3) is 0 Å². The molecule has 0 amide bonds. The summed E-state index contributed by atoms with van der Waals surface area (Å²) in [6.07, 6.45) is 7.23. The van der Waals surface area contributed by atoms with E-state index in [0.29, 0.717) is 13.1 Å². The van der Waals surface area contributed by atoms with Gasteiger partial charge in [-0.15, -0.1) is 6.42 Å². The maximum atomic E-state index is 6.39. The van der Waals surface area contributed by atoms with Crippen LogP contribution in [0.2, 0.25) is 5.02 Å². The van der Waals surface area contributed by atoms with Crippen molar-refractivity contribution in [3.05, 3.63) is 70.2 Å². The number of terminal acetylenes is 1. The number of nitrogens with zero attached hydrogens (tertiary/aromatic N) is 1. The van der Waals surface area contributed by atoms with Crippen LogP contribution in [0.3, 0.4) is 0 Å². The number of rotatable bonds is 5. The molecular formula is C20H18ClN3O. The molecule has 0 radical (unpaired) electrons. The molecule has 4 nitrogen and oxygen atoms in total. The van der Waals surface area contributed by atoms with Gasteiger partial charge < -0.3 is 10.1 Å². The number of nitrogens with one attached hydrogen (secondary N) is 2. The highest BCUT2D eigenvalue weighted by molar-refractivity contribution is 6.31. The fraction of sp³-hybridized carbons (Fsp3) is 0.250. The van der Waals surface area contributed by atoms with Gasteiger partial charge in [-0.3, -0.25) is 10.3 Å². The number of hydrogen-bond acceptors (Lipinski definition) is 4. The smallest absolute Gasteiger partial charge is 0.137 e. The molecule has 0 spiro atoms. The van der Waals surface area contributed by atoms with Crippen molar-refractivity contribution in [2.45, 2.75) is 17.9 Å². The number of aliphatic imine (C=N–C) groups is 1. The van der Waals surface area contributed by atoms with E-state index in [1.165, 1.54) is 0 Å². The molecule has 3 atom stereocenters. The molecule has 4 rings (SSSR count). The molecule has 1 fully saturated rings. The first-order valence-electron chi connectivity index (χ1n) is 8.20. The SMILES string of the molecule is C#Cc1ccc(C2(CNC3CN=CN3)OC2c2ccccc2Cl)cc1. The molecule has 25 heavy (non-hydrogen) atoms. The molecule has 0 saturated carbocycles. The molecule has 5 heteroatoms. The minimum atomic E-state index is -0.456. The van der Waals surface area contributed by atoms with Gasteiger partial charge in [0, 0.05) is 22.7 Å². The third kappa shape index (κ3) is 3.03. The van der Waals surface area contributed by atoms with Gasteiger partial charge in [-0.1, -0.05) is 47.9 Å². The molecule has 0 aromatic heterocycles. The minimum Gasteiger partial charge on any atom is -0.359 e.